The number of aromatic amines is 1. The van der Waals surface area contributed by atoms with Gasteiger partial charge in [0.1, 0.15) is 6.10 Å². The van der Waals surface area contributed by atoms with Gasteiger partial charge in [-0.15, -0.1) is 0 Å². The number of aromatic nitrogens is 1. The predicted octanol–water partition coefficient (Wildman–Crippen LogP) is 5.25. The van der Waals surface area contributed by atoms with E-state index in [1.165, 1.54) is 20.3 Å². The van der Waals surface area contributed by atoms with Crippen molar-refractivity contribution in [3.8, 4) is 5.75 Å². The summed E-state index contributed by atoms with van der Waals surface area (Å²) in [7, 11) is -1.68. The first kappa shape index (κ1) is 27.6. The fraction of sp³-hybridized carbons (Fsp3) is 0.727. The molecule has 1 N–H and O–H groups in total. The Labute approximate surface area is 189 Å². The second-order valence-electron chi connectivity index (χ2n) is 10.9. The lowest BCUT2D eigenvalue weighted by Gasteiger charge is -2.41. The van der Waals surface area contributed by atoms with Crippen LogP contribution < -0.4 is 10.2 Å². The van der Waals surface area contributed by atoms with Gasteiger partial charge in [0.25, 0.3) is 0 Å². The topological polar surface area (TPSA) is 86.9 Å². The number of hydrogen-bond donors (Lipinski definition) is 1. The summed E-state index contributed by atoms with van der Waals surface area (Å²) < 4.78 is 23.1. The highest BCUT2D eigenvalue weighted by Gasteiger charge is 2.42. The van der Waals surface area contributed by atoms with Gasteiger partial charge in [0.15, 0.2) is 28.1 Å². The zero-order valence-corrected chi connectivity index (χ0v) is 23.3. The Morgan fingerprint density at radius 2 is 1.52 bits per heavy atom. The monoisotopic (exact) mass is 471 g/mol. The fourth-order valence-electron chi connectivity index (χ4n) is 2.41. The highest BCUT2D eigenvalue weighted by atomic mass is 28.4. The molecule has 0 aliphatic heterocycles. The molecule has 1 atom stereocenters. The molecule has 1 heterocycles. The lowest BCUT2D eigenvalue weighted by Crippen LogP contribution is -2.45. The predicted molar refractivity (Wildman–Crippen MR) is 129 cm³/mol. The molecule has 1 unspecified atom stereocenters. The van der Waals surface area contributed by atoms with E-state index in [4.69, 9.17) is 18.3 Å². The number of pyridine rings is 1. The lowest BCUT2D eigenvalue weighted by atomic mass is 10.2. The van der Waals surface area contributed by atoms with Crippen LogP contribution in [-0.2, 0) is 13.6 Å². The van der Waals surface area contributed by atoms with Crippen molar-refractivity contribution in [1.29, 1.82) is 0 Å². The Morgan fingerprint density at radius 1 is 1.00 bits per heavy atom. The molecule has 0 fully saturated rings. The molecule has 178 valence electrons. The van der Waals surface area contributed by atoms with Gasteiger partial charge in [0.2, 0.25) is 5.43 Å². The molecule has 0 amide bonds. The number of carbonyl (C=O) groups excluding carboxylic acids is 1. The summed E-state index contributed by atoms with van der Waals surface area (Å²) in [6, 6.07) is 1.43. The first-order valence-electron chi connectivity index (χ1n) is 10.6. The molecule has 0 spiro atoms. The number of ether oxygens (including phenoxy) is 2. The summed E-state index contributed by atoms with van der Waals surface area (Å²) in [6.07, 6.45) is -0.531. The van der Waals surface area contributed by atoms with Gasteiger partial charge in [-0.25, -0.2) is 4.79 Å². The molecule has 7 nitrogen and oxygen atoms in total. The number of carbonyl (C=O) groups is 1. The smallest absolute Gasteiger partial charge is 0.358 e. The van der Waals surface area contributed by atoms with Crippen LogP contribution in [0.3, 0.4) is 0 Å². The largest absolute Gasteiger partial charge is 0.491 e. The molecule has 1 rings (SSSR count). The third kappa shape index (κ3) is 6.53. The molecule has 0 aliphatic rings. The van der Waals surface area contributed by atoms with E-state index in [1.807, 2.05) is 0 Å². The SMILES string of the molecule is COC(=O)c1[nH]c(C(CO[Si](C)(C)C(C)(C)C)O[Si](C)(C)C(C)(C)C)cc(=O)c1OC. The van der Waals surface area contributed by atoms with Gasteiger partial charge < -0.3 is 23.3 Å². The minimum Gasteiger partial charge on any atom is -0.491 e. The van der Waals surface area contributed by atoms with Gasteiger partial charge >= 0.3 is 5.97 Å². The Hall–Kier alpha value is -1.43. The van der Waals surface area contributed by atoms with Gasteiger partial charge in [-0.2, -0.15) is 0 Å². The molecular formula is C22H41NO6Si2. The van der Waals surface area contributed by atoms with Crippen molar-refractivity contribution in [3.05, 3.63) is 27.7 Å². The highest BCUT2D eigenvalue weighted by molar-refractivity contribution is 6.74. The second kappa shape index (κ2) is 9.60. The normalized spacial score (nSPS) is 14.3. The van der Waals surface area contributed by atoms with Crippen LogP contribution in [-0.4, -0.2) is 48.4 Å². The third-order valence-electron chi connectivity index (χ3n) is 6.59. The summed E-state index contributed by atoms with van der Waals surface area (Å²) in [5.74, 6) is -0.751. The van der Waals surface area contributed by atoms with Crippen molar-refractivity contribution in [2.45, 2.75) is 83.9 Å². The molecular weight excluding hydrogens is 430 g/mol. The molecule has 0 aromatic carbocycles. The summed E-state index contributed by atoms with van der Waals surface area (Å²) in [5, 5.41) is -0.0147. The van der Waals surface area contributed by atoms with E-state index in [-0.39, 0.29) is 28.1 Å². The minimum atomic E-state index is -2.22. The Morgan fingerprint density at radius 3 is 1.94 bits per heavy atom. The fourth-order valence-corrected chi connectivity index (χ4v) is 4.67. The van der Waals surface area contributed by atoms with Crippen LogP contribution in [0.4, 0.5) is 0 Å². The quantitative estimate of drug-likeness (QED) is 0.411. The molecule has 9 heteroatoms. The van der Waals surface area contributed by atoms with E-state index in [2.05, 4.69) is 72.7 Å². The molecule has 0 aliphatic carbocycles. The van der Waals surface area contributed by atoms with Gasteiger partial charge in [-0.05, 0) is 36.3 Å². The number of methoxy groups -OCH3 is 2. The number of esters is 1. The molecule has 0 bridgehead atoms. The number of rotatable bonds is 8. The van der Waals surface area contributed by atoms with Crippen LogP contribution in [0.15, 0.2) is 10.9 Å². The van der Waals surface area contributed by atoms with E-state index in [1.54, 1.807) is 0 Å². The van der Waals surface area contributed by atoms with E-state index >= 15 is 0 Å². The molecule has 1 aromatic heterocycles. The summed E-state index contributed by atoms with van der Waals surface area (Å²) in [5.41, 5.74) is 0.0474. The van der Waals surface area contributed by atoms with Crippen LogP contribution in [0.2, 0.25) is 36.3 Å². The lowest BCUT2D eigenvalue weighted by molar-refractivity contribution is 0.0586. The van der Waals surface area contributed by atoms with E-state index in [9.17, 15) is 9.59 Å². The van der Waals surface area contributed by atoms with Crippen LogP contribution >= 0.6 is 0 Å². The van der Waals surface area contributed by atoms with Gasteiger partial charge in [0, 0.05) is 11.8 Å². The summed E-state index contributed by atoms with van der Waals surface area (Å²) in [6.45, 7) is 21.9. The maximum absolute atomic E-state index is 12.7. The Bertz CT molecular complexity index is 834. The average molecular weight is 472 g/mol. The van der Waals surface area contributed by atoms with Crippen LogP contribution in [0.25, 0.3) is 0 Å². The number of hydrogen-bond acceptors (Lipinski definition) is 6. The molecule has 0 saturated heterocycles. The molecule has 31 heavy (non-hydrogen) atoms. The highest BCUT2D eigenvalue weighted by Crippen LogP contribution is 2.41. The van der Waals surface area contributed by atoms with Crippen molar-refractivity contribution < 1.29 is 23.1 Å². The Balaban J connectivity index is 3.52. The second-order valence-corrected chi connectivity index (χ2v) is 20.5. The zero-order valence-electron chi connectivity index (χ0n) is 21.3. The van der Waals surface area contributed by atoms with Crippen LogP contribution in [0.5, 0.6) is 5.75 Å². The first-order chi connectivity index (χ1) is 13.9. The van der Waals surface area contributed by atoms with Crippen LogP contribution in [0, 0.1) is 0 Å². The Kier molecular flexibility index (Phi) is 8.55. The van der Waals surface area contributed by atoms with Gasteiger partial charge in [-0.1, -0.05) is 41.5 Å². The zero-order chi connectivity index (χ0) is 24.4. The number of H-pyrrole nitrogens is 1. The van der Waals surface area contributed by atoms with E-state index < -0.39 is 34.1 Å². The maximum Gasteiger partial charge on any atom is 0.358 e. The van der Waals surface area contributed by atoms with Gasteiger partial charge in [0.05, 0.1) is 20.8 Å². The van der Waals surface area contributed by atoms with Crippen molar-refractivity contribution >= 4 is 22.6 Å². The van der Waals surface area contributed by atoms with E-state index in [0.29, 0.717) is 5.69 Å². The van der Waals surface area contributed by atoms with Crippen molar-refractivity contribution in [2.75, 3.05) is 20.8 Å². The molecule has 0 radical (unpaired) electrons. The van der Waals surface area contributed by atoms with Crippen molar-refractivity contribution in [2.24, 2.45) is 0 Å². The van der Waals surface area contributed by atoms with Crippen molar-refractivity contribution in [3.63, 3.8) is 0 Å². The van der Waals surface area contributed by atoms with E-state index in [0.717, 1.165) is 0 Å². The standard InChI is InChI=1S/C22H41NO6Si2/c1-21(2,3)30(9,10)28-14-17(29-31(11,12)22(4,5)6)15-13-16(24)19(26-7)18(23-15)20(25)27-8/h13,17H,14H2,1-12H3,(H,23,24). The first-order valence-corrected chi connectivity index (χ1v) is 16.4. The molecule has 1 aromatic rings. The summed E-state index contributed by atoms with van der Waals surface area (Å²) >= 11 is 0. The summed E-state index contributed by atoms with van der Waals surface area (Å²) in [4.78, 5) is 28.0. The van der Waals surface area contributed by atoms with Crippen molar-refractivity contribution in [1.82, 2.24) is 4.98 Å². The average Bonchev–Trinajstić information content (AvgIpc) is 2.61. The third-order valence-corrected chi connectivity index (χ3v) is 15.6. The maximum atomic E-state index is 12.7. The van der Waals surface area contributed by atoms with Gasteiger partial charge in [-0.3, -0.25) is 4.79 Å². The van der Waals surface area contributed by atoms with Crippen LogP contribution in [0.1, 0.15) is 63.8 Å². The minimum absolute atomic E-state index is 0.0244. The number of nitrogens with one attached hydrogen (secondary N) is 1. The molecule has 0 saturated carbocycles.